The second kappa shape index (κ2) is 7.81. The van der Waals surface area contributed by atoms with Gasteiger partial charge in [0.15, 0.2) is 0 Å². The first-order valence-electron chi connectivity index (χ1n) is 8.13. The Labute approximate surface area is 150 Å². The van der Waals surface area contributed by atoms with E-state index in [-0.39, 0.29) is 5.91 Å². The molecule has 2 N–H and O–H groups in total. The number of halogens is 1. The van der Waals surface area contributed by atoms with Crippen molar-refractivity contribution in [2.45, 2.75) is 13.0 Å². The molecule has 1 heterocycles. The fourth-order valence-corrected chi connectivity index (χ4v) is 3.27. The van der Waals surface area contributed by atoms with Gasteiger partial charge in [-0.25, -0.2) is 0 Å². The van der Waals surface area contributed by atoms with Crippen LogP contribution in [0.1, 0.15) is 22.3 Å². The zero-order valence-corrected chi connectivity index (χ0v) is 15.0. The molecule has 1 saturated heterocycles. The van der Waals surface area contributed by atoms with Crippen molar-refractivity contribution >= 4 is 21.8 Å². The first kappa shape index (κ1) is 17.0. The van der Waals surface area contributed by atoms with Crippen LogP contribution < -0.4 is 10.5 Å². The molecule has 0 saturated carbocycles. The fourth-order valence-electron chi connectivity index (χ4n) is 2.91. The van der Waals surface area contributed by atoms with Crippen LogP contribution in [0.5, 0.6) is 5.75 Å². The highest BCUT2D eigenvalue weighted by molar-refractivity contribution is 9.10. The Kier molecular flexibility index (Phi) is 5.53. The Morgan fingerprint density at radius 3 is 2.75 bits per heavy atom. The molecule has 1 aliphatic heterocycles. The van der Waals surface area contributed by atoms with E-state index in [9.17, 15) is 4.79 Å². The van der Waals surface area contributed by atoms with Crippen molar-refractivity contribution in [2.24, 2.45) is 11.7 Å². The Hall–Kier alpha value is -1.85. The highest BCUT2D eigenvalue weighted by atomic mass is 79.9. The molecule has 0 spiro atoms. The molecule has 126 valence electrons. The van der Waals surface area contributed by atoms with Gasteiger partial charge in [0.2, 0.25) is 0 Å². The number of carbonyl (C=O) groups is 1. The summed E-state index contributed by atoms with van der Waals surface area (Å²) in [7, 11) is 0. The zero-order valence-electron chi connectivity index (χ0n) is 13.5. The number of hydrogen-bond acceptors (Lipinski definition) is 3. The van der Waals surface area contributed by atoms with Gasteiger partial charge in [-0.3, -0.25) is 4.79 Å². The topological polar surface area (TPSA) is 55.6 Å². The lowest BCUT2D eigenvalue weighted by atomic mass is 10.1. The predicted octanol–water partition coefficient (Wildman–Crippen LogP) is 3.45. The van der Waals surface area contributed by atoms with Gasteiger partial charge in [0.05, 0.1) is 5.56 Å². The molecular formula is C19H21BrN2O2. The molecule has 4 nitrogen and oxygen atoms in total. The van der Waals surface area contributed by atoms with Crippen molar-refractivity contribution in [3.63, 3.8) is 0 Å². The van der Waals surface area contributed by atoms with Crippen molar-refractivity contribution in [1.82, 2.24) is 4.90 Å². The number of nitrogens with two attached hydrogens (primary N) is 1. The van der Waals surface area contributed by atoms with Gasteiger partial charge in [-0.1, -0.05) is 46.3 Å². The Morgan fingerprint density at radius 2 is 2.04 bits per heavy atom. The maximum absolute atomic E-state index is 12.9. The van der Waals surface area contributed by atoms with Gasteiger partial charge in [-0.05, 0) is 42.6 Å². The third-order valence-electron chi connectivity index (χ3n) is 4.32. The highest BCUT2D eigenvalue weighted by Crippen LogP contribution is 2.27. The van der Waals surface area contributed by atoms with E-state index >= 15 is 0 Å². The smallest absolute Gasteiger partial charge is 0.257 e. The van der Waals surface area contributed by atoms with Crippen molar-refractivity contribution < 1.29 is 9.53 Å². The van der Waals surface area contributed by atoms with E-state index in [4.69, 9.17) is 10.5 Å². The monoisotopic (exact) mass is 388 g/mol. The minimum absolute atomic E-state index is 0.00955. The molecule has 1 fully saturated rings. The molecule has 0 bridgehead atoms. The van der Waals surface area contributed by atoms with Crippen LogP contribution in [0.4, 0.5) is 0 Å². The summed E-state index contributed by atoms with van der Waals surface area (Å²) in [5, 5.41) is 0. The second-order valence-electron chi connectivity index (χ2n) is 6.06. The number of rotatable bonds is 5. The molecule has 0 aliphatic carbocycles. The number of likely N-dealkylation sites (tertiary alicyclic amines) is 1. The predicted molar refractivity (Wildman–Crippen MR) is 98.0 cm³/mol. The molecule has 0 radical (unpaired) electrons. The average molecular weight is 389 g/mol. The van der Waals surface area contributed by atoms with Gasteiger partial charge in [0, 0.05) is 17.6 Å². The van der Waals surface area contributed by atoms with Crippen molar-refractivity contribution in [1.29, 1.82) is 0 Å². The molecule has 1 atom stereocenters. The van der Waals surface area contributed by atoms with Crippen LogP contribution >= 0.6 is 15.9 Å². The van der Waals surface area contributed by atoms with Crippen LogP contribution in [-0.2, 0) is 6.61 Å². The fraction of sp³-hybridized carbons (Fsp3) is 0.316. The third kappa shape index (κ3) is 3.97. The van der Waals surface area contributed by atoms with Crippen LogP contribution in [0.2, 0.25) is 0 Å². The molecule has 3 rings (SSSR count). The summed E-state index contributed by atoms with van der Waals surface area (Å²) < 4.78 is 6.79. The summed E-state index contributed by atoms with van der Waals surface area (Å²) in [4.78, 5) is 14.7. The zero-order chi connectivity index (χ0) is 16.9. The lowest BCUT2D eigenvalue weighted by Crippen LogP contribution is -2.30. The van der Waals surface area contributed by atoms with Gasteiger partial charge < -0.3 is 15.4 Å². The number of carbonyl (C=O) groups excluding carboxylic acids is 1. The first-order chi connectivity index (χ1) is 11.7. The third-order valence-corrected chi connectivity index (χ3v) is 4.81. The lowest BCUT2D eigenvalue weighted by molar-refractivity contribution is 0.0782. The van der Waals surface area contributed by atoms with Gasteiger partial charge >= 0.3 is 0 Å². The van der Waals surface area contributed by atoms with E-state index < -0.39 is 0 Å². The Balaban J connectivity index is 1.77. The number of hydrogen-bond donors (Lipinski definition) is 1. The SMILES string of the molecule is NC[C@H]1CCN(C(=O)c2cc(Br)ccc2OCc2ccccc2)C1. The van der Waals surface area contributed by atoms with Crippen LogP contribution in [0.25, 0.3) is 0 Å². The van der Waals surface area contributed by atoms with Crippen LogP contribution in [0.15, 0.2) is 53.0 Å². The van der Waals surface area contributed by atoms with Crippen LogP contribution in [0, 0.1) is 5.92 Å². The summed E-state index contributed by atoms with van der Waals surface area (Å²) in [6.07, 6.45) is 0.969. The van der Waals surface area contributed by atoms with Gasteiger partial charge in [-0.15, -0.1) is 0 Å². The normalized spacial score (nSPS) is 17.1. The average Bonchev–Trinajstić information content (AvgIpc) is 3.10. The number of amides is 1. The molecule has 5 heteroatoms. The lowest BCUT2D eigenvalue weighted by Gasteiger charge is -2.19. The summed E-state index contributed by atoms with van der Waals surface area (Å²) >= 11 is 3.45. The number of nitrogens with zero attached hydrogens (tertiary/aromatic N) is 1. The summed E-state index contributed by atoms with van der Waals surface area (Å²) in [6, 6.07) is 15.5. The van der Waals surface area contributed by atoms with Gasteiger partial charge in [-0.2, -0.15) is 0 Å². The standard InChI is InChI=1S/C19H21BrN2O2/c20-16-6-7-18(24-13-14-4-2-1-3-5-14)17(10-16)19(23)22-9-8-15(11-21)12-22/h1-7,10,15H,8-9,11-13,21H2/t15-/m1/s1. The van der Waals surface area contributed by atoms with Crippen molar-refractivity contribution in [2.75, 3.05) is 19.6 Å². The Bertz CT molecular complexity index is 706. The minimum atomic E-state index is 0.00955. The largest absolute Gasteiger partial charge is 0.488 e. The van der Waals surface area contributed by atoms with Crippen LogP contribution in [-0.4, -0.2) is 30.4 Å². The summed E-state index contributed by atoms with van der Waals surface area (Å²) in [5.41, 5.74) is 7.40. The van der Waals surface area contributed by atoms with E-state index in [1.54, 1.807) is 0 Å². The quantitative estimate of drug-likeness (QED) is 0.852. The minimum Gasteiger partial charge on any atom is -0.488 e. The van der Waals surface area contributed by atoms with E-state index in [0.717, 1.165) is 29.5 Å². The highest BCUT2D eigenvalue weighted by Gasteiger charge is 2.27. The van der Waals surface area contributed by atoms with E-state index in [1.165, 1.54) is 0 Å². The molecule has 0 unspecified atom stereocenters. The van der Waals surface area contributed by atoms with E-state index in [1.807, 2.05) is 53.4 Å². The maximum atomic E-state index is 12.9. The van der Waals surface area contributed by atoms with E-state index in [0.29, 0.717) is 30.4 Å². The summed E-state index contributed by atoms with van der Waals surface area (Å²) in [6.45, 7) is 2.54. The maximum Gasteiger partial charge on any atom is 0.257 e. The summed E-state index contributed by atoms with van der Waals surface area (Å²) in [5.74, 6) is 1.02. The first-order valence-corrected chi connectivity index (χ1v) is 8.92. The van der Waals surface area contributed by atoms with Crippen LogP contribution in [0.3, 0.4) is 0 Å². The molecule has 1 aliphatic rings. The number of ether oxygens (including phenoxy) is 1. The Morgan fingerprint density at radius 1 is 1.25 bits per heavy atom. The van der Waals surface area contributed by atoms with Gasteiger partial charge in [0.25, 0.3) is 5.91 Å². The number of benzene rings is 2. The molecule has 2 aromatic rings. The van der Waals surface area contributed by atoms with Crippen molar-refractivity contribution in [3.8, 4) is 5.75 Å². The van der Waals surface area contributed by atoms with E-state index in [2.05, 4.69) is 15.9 Å². The molecular weight excluding hydrogens is 368 g/mol. The molecule has 0 aromatic heterocycles. The molecule has 2 aromatic carbocycles. The molecule has 24 heavy (non-hydrogen) atoms. The van der Waals surface area contributed by atoms with Crippen molar-refractivity contribution in [3.05, 3.63) is 64.1 Å². The second-order valence-corrected chi connectivity index (χ2v) is 6.97. The molecule has 1 amide bonds. The van der Waals surface area contributed by atoms with Gasteiger partial charge in [0.1, 0.15) is 12.4 Å².